The maximum Gasteiger partial charge on any atom is 0.255 e. The van der Waals surface area contributed by atoms with Gasteiger partial charge in [0, 0.05) is 24.2 Å². The van der Waals surface area contributed by atoms with Crippen molar-refractivity contribution in [2.24, 2.45) is 0 Å². The predicted octanol–water partition coefficient (Wildman–Crippen LogP) is 4.02. The largest absolute Gasteiger partial charge is 0.350 e. The zero-order valence-corrected chi connectivity index (χ0v) is 17.5. The van der Waals surface area contributed by atoms with Gasteiger partial charge in [-0.2, -0.15) is 0 Å². The maximum absolute atomic E-state index is 13.4. The third-order valence-corrected chi connectivity index (χ3v) is 5.19. The highest BCUT2D eigenvalue weighted by Crippen LogP contribution is 2.25. The highest BCUT2D eigenvalue weighted by Gasteiger charge is 2.23. The third-order valence-electron chi connectivity index (χ3n) is 5.19. The van der Waals surface area contributed by atoms with Crippen LogP contribution in [-0.4, -0.2) is 34.8 Å². The molecule has 30 heavy (non-hydrogen) atoms. The molecule has 3 aromatic rings. The summed E-state index contributed by atoms with van der Waals surface area (Å²) in [5.41, 5.74) is 3.91. The van der Waals surface area contributed by atoms with Gasteiger partial charge in [-0.1, -0.05) is 37.3 Å². The first-order valence-electron chi connectivity index (χ1n) is 10.1. The monoisotopic (exact) mass is 407 g/mol. The summed E-state index contributed by atoms with van der Waals surface area (Å²) in [7, 11) is 0. The van der Waals surface area contributed by atoms with Crippen LogP contribution in [-0.2, 0) is 17.8 Å². The van der Waals surface area contributed by atoms with Gasteiger partial charge in [-0.3, -0.25) is 14.6 Å². The molecule has 5 nitrogen and oxygen atoms in total. The summed E-state index contributed by atoms with van der Waals surface area (Å²) in [5, 5.41) is 3.59. The van der Waals surface area contributed by atoms with E-state index >= 15 is 0 Å². The van der Waals surface area contributed by atoms with Gasteiger partial charge < -0.3 is 10.2 Å². The van der Waals surface area contributed by atoms with E-state index in [1.54, 1.807) is 12.1 Å². The van der Waals surface area contributed by atoms with Gasteiger partial charge in [0.05, 0.1) is 17.6 Å². The Morgan fingerprint density at radius 1 is 1.07 bits per heavy atom. The Morgan fingerprint density at radius 3 is 2.43 bits per heavy atom. The molecular weight excluding hydrogens is 381 g/mol. The molecule has 1 heterocycles. The number of aromatic nitrogens is 1. The molecule has 0 saturated heterocycles. The number of carbonyl (C=O) groups excluding carboxylic acids is 2. The van der Waals surface area contributed by atoms with Crippen LogP contribution in [0.3, 0.4) is 0 Å². The Labute approximate surface area is 175 Å². The van der Waals surface area contributed by atoms with E-state index in [4.69, 9.17) is 0 Å². The lowest BCUT2D eigenvalue weighted by atomic mass is 9.99. The summed E-state index contributed by atoms with van der Waals surface area (Å²) >= 11 is 0. The number of hydrogen-bond acceptors (Lipinski definition) is 3. The summed E-state index contributed by atoms with van der Waals surface area (Å²) in [6.07, 6.45) is 0.723. The van der Waals surface area contributed by atoms with Crippen molar-refractivity contribution in [3.8, 4) is 0 Å². The molecule has 0 aliphatic carbocycles. The van der Waals surface area contributed by atoms with E-state index in [1.807, 2.05) is 45.0 Å². The fourth-order valence-corrected chi connectivity index (χ4v) is 3.50. The second kappa shape index (κ2) is 9.48. The van der Waals surface area contributed by atoms with Gasteiger partial charge in [0.15, 0.2) is 0 Å². The van der Waals surface area contributed by atoms with Gasteiger partial charge in [0.2, 0.25) is 5.91 Å². The van der Waals surface area contributed by atoms with E-state index in [0.29, 0.717) is 12.1 Å². The van der Waals surface area contributed by atoms with Gasteiger partial charge in [-0.25, -0.2) is 4.39 Å². The molecule has 0 aliphatic heterocycles. The number of likely N-dealkylation sites (N-methyl/N-ethyl adjacent to an activating group) is 1. The van der Waals surface area contributed by atoms with E-state index in [-0.39, 0.29) is 30.7 Å². The van der Waals surface area contributed by atoms with Gasteiger partial charge in [0.25, 0.3) is 5.91 Å². The minimum absolute atomic E-state index is 0.0475. The molecule has 1 aromatic heterocycles. The quantitative estimate of drug-likeness (QED) is 0.643. The number of nitrogens with zero attached hydrogens (tertiary/aromatic N) is 2. The second-order valence-corrected chi connectivity index (χ2v) is 7.15. The molecule has 0 spiro atoms. The van der Waals surface area contributed by atoms with Crippen molar-refractivity contribution in [2.75, 3.05) is 13.1 Å². The molecule has 2 aromatic carbocycles. The zero-order chi connectivity index (χ0) is 21.7. The Bertz CT molecular complexity index is 1060. The Hall–Kier alpha value is -3.28. The fourth-order valence-electron chi connectivity index (χ4n) is 3.50. The van der Waals surface area contributed by atoms with Crippen molar-refractivity contribution in [3.63, 3.8) is 0 Å². The topological polar surface area (TPSA) is 62.3 Å². The lowest BCUT2D eigenvalue weighted by Gasteiger charge is -2.23. The molecule has 1 N–H and O–H groups in total. The number of hydrogen-bond donors (Lipinski definition) is 1. The number of fused-ring (bicyclic) bond motifs is 1. The number of rotatable bonds is 7. The van der Waals surface area contributed by atoms with Crippen molar-refractivity contribution in [1.82, 2.24) is 15.2 Å². The van der Waals surface area contributed by atoms with Crippen LogP contribution in [0.2, 0.25) is 0 Å². The fraction of sp³-hybridized carbons (Fsp3) is 0.292. The van der Waals surface area contributed by atoms with Crippen molar-refractivity contribution in [1.29, 1.82) is 0 Å². The number of pyridine rings is 1. The predicted molar refractivity (Wildman–Crippen MR) is 116 cm³/mol. The second-order valence-electron chi connectivity index (χ2n) is 7.15. The Morgan fingerprint density at radius 2 is 1.77 bits per heavy atom. The molecule has 0 fully saturated rings. The van der Waals surface area contributed by atoms with Gasteiger partial charge in [-0.15, -0.1) is 0 Å². The number of benzene rings is 2. The zero-order valence-electron chi connectivity index (χ0n) is 17.5. The average Bonchev–Trinajstić information content (AvgIpc) is 2.76. The summed E-state index contributed by atoms with van der Waals surface area (Å²) < 4.78 is 13.0. The minimum atomic E-state index is -0.320. The van der Waals surface area contributed by atoms with Crippen LogP contribution in [0.4, 0.5) is 4.39 Å². The Kier molecular flexibility index (Phi) is 6.77. The number of carbonyl (C=O) groups is 2. The molecule has 0 bridgehead atoms. The molecule has 2 amide bonds. The summed E-state index contributed by atoms with van der Waals surface area (Å²) in [6.45, 7) is 6.41. The van der Waals surface area contributed by atoms with E-state index in [1.165, 1.54) is 17.0 Å². The van der Waals surface area contributed by atoms with Gasteiger partial charge in [0.1, 0.15) is 5.82 Å². The molecule has 156 valence electrons. The standard InChI is InChI=1S/C24H26FN3O2/c1-4-20-16(3)23(19-8-6-7-9-21(19)27-20)24(30)28(5-2)15-22(29)26-14-17-10-12-18(25)13-11-17/h6-13H,4-5,14-15H2,1-3H3,(H,26,29). The number of halogens is 1. The minimum Gasteiger partial charge on any atom is -0.350 e. The van der Waals surface area contributed by atoms with Gasteiger partial charge in [-0.05, 0) is 49.6 Å². The van der Waals surface area contributed by atoms with Crippen LogP contribution in [0.1, 0.15) is 41.0 Å². The number of nitrogens with one attached hydrogen (secondary N) is 1. The van der Waals surface area contributed by atoms with E-state index < -0.39 is 0 Å². The normalized spacial score (nSPS) is 10.8. The van der Waals surface area contributed by atoms with Gasteiger partial charge >= 0.3 is 0 Å². The molecular formula is C24H26FN3O2. The number of para-hydroxylation sites is 1. The first-order chi connectivity index (χ1) is 14.4. The first kappa shape index (κ1) is 21.4. The molecule has 0 saturated carbocycles. The van der Waals surface area contributed by atoms with Crippen molar-refractivity contribution in [2.45, 2.75) is 33.7 Å². The first-order valence-corrected chi connectivity index (χ1v) is 10.1. The van der Waals surface area contributed by atoms with Crippen molar-refractivity contribution >= 4 is 22.7 Å². The van der Waals surface area contributed by atoms with E-state index in [0.717, 1.165) is 34.1 Å². The highest BCUT2D eigenvalue weighted by molar-refractivity contribution is 6.08. The van der Waals surface area contributed by atoms with E-state index in [9.17, 15) is 14.0 Å². The van der Waals surface area contributed by atoms with E-state index in [2.05, 4.69) is 10.3 Å². The number of aryl methyl sites for hydroxylation is 1. The maximum atomic E-state index is 13.4. The average molecular weight is 407 g/mol. The van der Waals surface area contributed by atoms with Crippen LogP contribution in [0.5, 0.6) is 0 Å². The third kappa shape index (κ3) is 4.64. The molecule has 3 rings (SSSR count). The smallest absolute Gasteiger partial charge is 0.255 e. The van der Waals surface area contributed by atoms with Crippen LogP contribution < -0.4 is 5.32 Å². The molecule has 0 unspecified atom stereocenters. The lowest BCUT2D eigenvalue weighted by molar-refractivity contribution is -0.121. The summed E-state index contributed by atoms with van der Waals surface area (Å²) in [4.78, 5) is 32.1. The lowest BCUT2D eigenvalue weighted by Crippen LogP contribution is -2.40. The van der Waals surface area contributed by atoms with Crippen molar-refractivity contribution < 1.29 is 14.0 Å². The van der Waals surface area contributed by atoms with Crippen LogP contribution >= 0.6 is 0 Å². The summed E-state index contributed by atoms with van der Waals surface area (Å²) in [5.74, 6) is -0.763. The molecule has 0 atom stereocenters. The molecule has 0 aliphatic rings. The van der Waals surface area contributed by atoms with Crippen LogP contribution in [0.15, 0.2) is 48.5 Å². The highest BCUT2D eigenvalue weighted by atomic mass is 19.1. The molecule has 0 radical (unpaired) electrons. The van der Waals surface area contributed by atoms with Crippen LogP contribution in [0, 0.1) is 12.7 Å². The Balaban J connectivity index is 1.80. The van der Waals surface area contributed by atoms with Crippen LogP contribution in [0.25, 0.3) is 10.9 Å². The SMILES string of the molecule is CCc1nc2ccccc2c(C(=O)N(CC)CC(=O)NCc2ccc(F)cc2)c1C. The summed E-state index contributed by atoms with van der Waals surface area (Å²) in [6, 6.07) is 13.5. The molecule has 6 heteroatoms. The number of amides is 2. The van der Waals surface area contributed by atoms with Crippen molar-refractivity contribution in [3.05, 3.63) is 76.7 Å².